The van der Waals surface area contributed by atoms with E-state index in [9.17, 15) is 18.0 Å². The summed E-state index contributed by atoms with van der Waals surface area (Å²) in [6, 6.07) is 11.2. The Balaban J connectivity index is 1.60. The Hall–Kier alpha value is -2.85. The molecule has 0 aromatic heterocycles. The van der Waals surface area contributed by atoms with Crippen LogP contribution in [0.1, 0.15) is 22.8 Å². The number of hydrogen-bond acceptors (Lipinski definition) is 7. The van der Waals surface area contributed by atoms with Gasteiger partial charge < -0.3 is 15.4 Å². The van der Waals surface area contributed by atoms with Gasteiger partial charge in [0.05, 0.1) is 23.6 Å². The molecule has 0 atom stereocenters. The molecule has 0 aliphatic carbocycles. The Labute approximate surface area is 172 Å². The van der Waals surface area contributed by atoms with Crippen LogP contribution < -0.4 is 10.6 Å². The number of rotatable bonds is 5. The molecule has 0 spiro atoms. The first-order chi connectivity index (χ1) is 13.8. The van der Waals surface area contributed by atoms with Crippen LogP contribution in [0.2, 0.25) is 0 Å². The molecule has 8 nitrogen and oxygen atoms in total. The Morgan fingerprint density at radius 3 is 2.59 bits per heavy atom. The summed E-state index contributed by atoms with van der Waals surface area (Å²) in [5.41, 5.74) is 2.24. The van der Waals surface area contributed by atoms with E-state index < -0.39 is 16.0 Å². The maximum atomic E-state index is 12.3. The largest absolute Gasteiger partial charge is 0.462 e. The predicted octanol–water partition coefficient (Wildman–Crippen LogP) is 3.01. The highest BCUT2D eigenvalue weighted by Crippen LogP contribution is 2.30. The number of fused-ring (bicyclic) bond motifs is 1. The van der Waals surface area contributed by atoms with Crippen molar-refractivity contribution >= 4 is 50.2 Å². The SMILES string of the molecule is CCOC(=O)c1ccc(NC(=O)CSC2=NS(=O)(=O)c3ccc(C)cc3N2)cc1. The Kier molecular flexibility index (Phi) is 6.23. The van der Waals surface area contributed by atoms with Crippen molar-refractivity contribution in [2.45, 2.75) is 18.7 Å². The van der Waals surface area contributed by atoms with Gasteiger partial charge in [0.2, 0.25) is 5.91 Å². The monoisotopic (exact) mass is 433 g/mol. The number of carbonyl (C=O) groups excluding carboxylic acids is 2. The van der Waals surface area contributed by atoms with Gasteiger partial charge in [-0.1, -0.05) is 17.8 Å². The number of benzene rings is 2. The van der Waals surface area contributed by atoms with Crippen molar-refractivity contribution in [1.29, 1.82) is 0 Å². The molecule has 0 saturated carbocycles. The standard InChI is InChI=1S/C19H19N3O5S2/c1-3-27-18(24)13-5-7-14(8-6-13)20-17(23)11-28-19-21-15-10-12(2)4-9-16(15)29(25,26)22-19/h4-10H,3,11H2,1-2H3,(H,20,23)(H,21,22). The zero-order valence-corrected chi connectivity index (χ0v) is 17.4. The lowest BCUT2D eigenvalue weighted by Crippen LogP contribution is -2.22. The number of esters is 1. The smallest absolute Gasteiger partial charge is 0.338 e. The number of nitrogens with zero attached hydrogens (tertiary/aromatic N) is 1. The Morgan fingerprint density at radius 1 is 1.17 bits per heavy atom. The third-order valence-electron chi connectivity index (χ3n) is 3.88. The molecule has 3 rings (SSSR count). The quantitative estimate of drug-likeness (QED) is 0.697. The van der Waals surface area contributed by atoms with Crippen LogP contribution in [-0.4, -0.2) is 37.8 Å². The molecule has 10 heteroatoms. The second kappa shape index (κ2) is 8.66. The van der Waals surface area contributed by atoms with Crippen molar-refractivity contribution in [3.8, 4) is 0 Å². The normalized spacial score (nSPS) is 14.2. The number of sulfonamides is 1. The third-order valence-corrected chi connectivity index (χ3v) is 6.20. The number of anilines is 2. The van der Waals surface area contributed by atoms with Crippen molar-refractivity contribution in [3.63, 3.8) is 0 Å². The lowest BCUT2D eigenvalue weighted by Gasteiger charge is -2.18. The fraction of sp³-hybridized carbons (Fsp3) is 0.211. The van der Waals surface area contributed by atoms with E-state index in [-0.39, 0.29) is 28.3 Å². The lowest BCUT2D eigenvalue weighted by atomic mass is 10.2. The summed E-state index contributed by atoms with van der Waals surface area (Å²) in [5, 5.41) is 5.77. The minimum Gasteiger partial charge on any atom is -0.462 e. The summed E-state index contributed by atoms with van der Waals surface area (Å²) < 4.78 is 33.2. The molecule has 2 aromatic carbocycles. The van der Waals surface area contributed by atoms with Gasteiger partial charge >= 0.3 is 5.97 Å². The van der Waals surface area contributed by atoms with E-state index in [0.717, 1.165) is 17.3 Å². The summed E-state index contributed by atoms with van der Waals surface area (Å²) in [5.74, 6) is -0.808. The number of nitrogens with one attached hydrogen (secondary N) is 2. The van der Waals surface area contributed by atoms with E-state index in [4.69, 9.17) is 4.74 Å². The minimum absolute atomic E-state index is 0.0396. The van der Waals surface area contributed by atoms with Crippen LogP contribution in [0.15, 0.2) is 51.8 Å². The van der Waals surface area contributed by atoms with Gasteiger partial charge in [-0.05, 0) is 55.8 Å². The predicted molar refractivity (Wildman–Crippen MR) is 113 cm³/mol. The number of thioether (sulfide) groups is 1. The highest BCUT2D eigenvalue weighted by Gasteiger charge is 2.25. The van der Waals surface area contributed by atoms with Crippen LogP contribution in [0.25, 0.3) is 0 Å². The van der Waals surface area contributed by atoms with Gasteiger partial charge in [-0.25, -0.2) is 4.79 Å². The van der Waals surface area contributed by atoms with Crippen molar-refractivity contribution in [1.82, 2.24) is 0 Å². The summed E-state index contributed by atoms with van der Waals surface area (Å²) in [7, 11) is -3.80. The Bertz CT molecular complexity index is 1080. The van der Waals surface area contributed by atoms with Crippen LogP contribution >= 0.6 is 11.8 Å². The van der Waals surface area contributed by atoms with E-state index >= 15 is 0 Å². The van der Waals surface area contributed by atoms with Crippen LogP contribution in [0.5, 0.6) is 0 Å². The van der Waals surface area contributed by atoms with Crippen LogP contribution in [0.4, 0.5) is 11.4 Å². The van der Waals surface area contributed by atoms with Gasteiger partial charge in [0, 0.05) is 5.69 Å². The van der Waals surface area contributed by atoms with Gasteiger partial charge in [0.1, 0.15) is 4.90 Å². The highest BCUT2D eigenvalue weighted by atomic mass is 32.2. The fourth-order valence-electron chi connectivity index (χ4n) is 2.56. The maximum Gasteiger partial charge on any atom is 0.338 e. The second-order valence-corrected chi connectivity index (χ2v) is 8.67. The van der Waals surface area contributed by atoms with Gasteiger partial charge in [-0.3, -0.25) is 4.79 Å². The minimum atomic E-state index is -3.80. The molecule has 0 saturated heterocycles. The first-order valence-corrected chi connectivity index (χ1v) is 11.1. The summed E-state index contributed by atoms with van der Waals surface area (Å²) >= 11 is 0.985. The van der Waals surface area contributed by atoms with Gasteiger partial charge in [-0.15, -0.1) is 4.40 Å². The topological polar surface area (TPSA) is 114 Å². The number of aryl methyl sites for hydroxylation is 1. The summed E-state index contributed by atoms with van der Waals surface area (Å²) in [6.45, 7) is 3.86. The first-order valence-electron chi connectivity index (χ1n) is 8.71. The fourth-order valence-corrected chi connectivity index (χ4v) is 4.58. The number of hydrogen-bond donors (Lipinski definition) is 2. The summed E-state index contributed by atoms with van der Waals surface area (Å²) in [6.07, 6.45) is 0. The maximum absolute atomic E-state index is 12.3. The van der Waals surface area contributed by atoms with Crippen LogP contribution in [0.3, 0.4) is 0 Å². The number of amides is 1. The molecule has 0 unspecified atom stereocenters. The van der Waals surface area contributed by atoms with Crippen molar-refractivity contribution in [2.24, 2.45) is 4.40 Å². The van der Waals surface area contributed by atoms with Gasteiger partial charge in [0.15, 0.2) is 5.17 Å². The van der Waals surface area contributed by atoms with E-state index in [1.807, 2.05) is 6.92 Å². The zero-order chi connectivity index (χ0) is 21.0. The molecule has 0 fully saturated rings. The molecule has 0 bridgehead atoms. The molecule has 1 aliphatic heterocycles. The molecule has 29 heavy (non-hydrogen) atoms. The number of ether oxygens (including phenoxy) is 1. The average Bonchev–Trinajstić information content (AvgIpc) is 2.66. The molecule has 0 radical (unpaired) electrons. The lowest BCUT2D eigenvalue weighted by molar-refractivity contribution is -0.113. The number of amidine groups is 1. The van der Waals surface area contributed by atoms with Crippen molar-refractivity contribution in [2.75, 3.05) is 23.0 Å². The zero-order valence-electron chi connectivity index (χ0n) is 15.8. The van der Waals surface area contributed by atoms with Gasteiger partial charge in [0.25, 0.3) is 10.0 Å². The molecule has 2 N–H and O–H groups in total. The number of carbonyl (C=O) groups is 2. The Morgan fingerprint density at radius 2 is 1.90 bits per heavy atom. The van der Waals surface area contributed by atoms with Gasteiger partial charge in [-0.2, -0.15) is 8.42 Å². The molecule has 2 aromatic rings. The molecular formula is C19H19N3O5S2. The third kappa shape index (κ3) is 5.15. The molecule has 1 heterocycles. The van der Waals surface area contributed by atoms with Crippen molar-refractivity contribution < 1.29 is 22.7 Å². The molecule has 152 valence electrons. The van der Waals surface area contributed by atoms with Crippen molar-refractivity contribution in [3.05, 3.63) is 53.6 Å². The van der Waals surface area contributed by atoms with E-state index in [1.165, 1.54) is 6.07 Å². The van der Waals surface area contributed by atoms with E-state index in [1.54, 1.807) is 43.3 Å². The van der Waals surface area contributed by atoms with E-state index in [0.29, 0.717) is 16.9 Å². The highest BCUT2D eigenvalue weighted by molar-refractivity contribution is 8.15. The van der Waals surface area contributed by atoms with Crippen LogP contribution in [-0.2, 0) is 19.6 Å². The van der Waals surface area contributed by atoms with E-state index in [2.05, 4.69) is 15.0 Å². The summed E-state index contributed by atoms with van der Waals surface area (Å²) in [4.78, 5) is 23.9. The average molecular weight is 434 g/mol. The van der Waals surface area contributed by atoms with Crippen LogP contribution in [0, 0.1) is 6.92 Å². The molecule has 1 aliphatic rings. The first kappa shape index (κ1) is 20.9. The molecule has 1 amide bonds. The second-order valence-electron chi connectivity index (χ2n) is 6.13. The molecular weight excluding hydrogens is 414 g/mol.